The number of amidine groups is 1. The molecule has 7 heteroatoms. The fourth-order valence-corrected chi connectivity index (χ4v) is 2.48. The van der Waals surface area contributed by atoms with E-state index in [1.54, 1.807) is 18.9 Å². The van der Waals surface area contributed by atoms with Crippen LogP contribution in [0.2, 0.25) is 0 Å². The fourth-order valence-electron chi connectivity index (χ4n) is 2.48. The second kappa shape index (κ2) is 6.58. The van der Waals surface area contributed by atoms with Crippen LogP contribution in [-0.2, 0) is 9.59 Å². The number of nitrogens with two attached hydrogens (primary N) is 1. The Bertz CT molecular complexity index is 410. The number of carbonyl (C=O) groups is 2. The predicted octanol–water partition coefficient (Wildman–Crippen LogP) is 0.134. The minimum absolute atomic E-state index is 0.0514. The first kappa shape index (κ1) is 16.3. The minimum atomic E-state index is -1.03. The van der Waals surface area contributed by atoms with Gasteiger partial charge in [-0.05, 0) is 26.2 Å². The average molecular weight is 284 g/mol. The smallest absolute Gasteiger partial charge is 0.236 e. The Morgan fingerprint density at radius 3 is 2.70 bits per heavy atom. The topological polar surface area (TPSA) is 108 Å². The molecule has 1 fully saturated rings. The van der Waals surface area contributed by atoms with E-state index in [2.05, 4.69) is 10.5 Å². The van der Waals surface area contributed by atoms with Crippen molar-refractivity contribution in [3.05, 3.63) is 0 Å². The molecule has 1 heterocycles. The maximum atomic E-state index is 12.6. The van der Waals surface area contributed by atoms with Gasteiger partial charge in [-0.3, -0.25) is 9.59 Å². The van der Waals surface area contributed by atoms with Crippen LogP contribution in [0, 0.1) is 11.3 Å². The van der Waals surface area contributed by atoms with Gasteiger partial charge < -0.3 is 21.2 Å². The van der Waals surface area contributed by atoms with Crippen LogP contribution in [0.5, 0.6) is 0 Å². The third-order valence-corrected chi connectivity index (χ3v) is 4.18. The molecule has 2 unspecified atom stereocenters. The van der Waals surface area contributed by atoms with E-state index >= 15 is 0 Å². The fraction of sp³-hybridized carbons (Fsp3) is 0.769. The number of carbonyl (C=O) groups excluding carboxylic acids is 2. The highest BCUT2D eigenvalue weighted by atomic mass is 16.4. The zero-order chi connectivity index (χ0) is 15.3. The highest BCUT2D eigenvalue weighted by Crippen LogP contribution is 2.27. The molecule has 0 aliphatic carbocycles. The second-order valence-electron chi connectivity index (χ2n) is 5.38. The predicted molar refractivity (Wildman–Crippen MR) is 75.2 cm³/mol. The number of likely N-dealkylation sites (tertiary alicyclic amines) is 1. The molecule has 0 saturated carbocycles. The zero-order valence-corrected chi connectivity index (χ0v) is 12.3. The molecule has 1 aliphatic heterocycles. The minimum Gasteiger partial charge on any atom is -0.409 e. The number of nitrogens with one attached hydrogen (secondary N) is 1. The molecular weight excluding hydrogens is 260 g/mol. The van der Waals surface area contributed by atoms with Gasteiger partial charge in [-0.25, -0.2) is 0 Å². The van der Waals surface area contributed by atoms with Crippen LogP contribution >= 0.6 is 0 Å². The van der Waals surface area contributed by atoms with Gasteiger partial charge in [0.25, 0.3) is 0 Å². The summed E-state index contributed by atoms with van der Waals surface area (Å²) in [6.45, 7) is 4.46. The zero-order valence-electron chi connectivity index (χ0n) is 12.3. The van der Waals surface area contributed by atoms with Crippen LogP contribution < -0.4 is 11.1 Å². The third kappa shape index (κ3) is 3.02. The van der Waals surface area contributed by atoms with E-state index in [0.29, 0.717) is 19.5 Å². The number of hydrogen-bond donors (Lipinski definition) is 3. The van der Waals surface area contributed by atoms with E-state index in [4.69, 9.17) is 10.9 Å². The average Bonchev–Trinajstić information content (AvgIpc) is 2.51. The van der Waals surface area contributed by atoms with Crippen molar-refractivity contribution < 1.29 is 14.8 Å². The van der Waals surface area contributed by atoms with Gasteiger partial charge in [0.2, 0.25) is 11.8 Å². The number of rotatable bonds is 4. The maximum Gasteiger partial charge on any atom is 0.236 e. The van der Waals surface area contributed by atoms with Gasteiger partial charge in [0.05, 0.1) is 5.92 Å². The van der Waals surface area contributed by atoms with E-state index in [9.17, 15) is 9.59 Å². The van der Waals surface area contributed by atoms with E-state index in [-0.39, 0.29) is 23.6 Å². The van der Waals surface area contributed by atoms with Crippen molar-refractivity contribution in [2.75, 3.05) is 20.1 Å². The molecule has 7 nitrogen and oxygen atoms in total. The van der Waals surface area contributed by atoms with Crippen molar-refractivity contribution in [3.63, 3.8) is 0 Å². The summed E-state index contributed by atoms with van der Waals surface area (Å²) in [5, 5.41) is 14.5. The van der Waals surface area contributed by atoms with Gasteiger partial charge >= 0.3 is 0 Å². The first-order chi connectivity index (χ1) is 9.40. The molecule has 0 aromatic heterocycles. The molecular formula is C13H24N4O3. The molecule has 0 radical (unpaired) electrons. The summed E-state index contributed by atoms with van der Waals surface area (Å²) in [6.07, 6.45) is 1.98. The Balaban J connectivity index is 2.88. The van der Waals surface area contributed by atoms with E-state index in [0.717, 1.165) is 12.8 Å². The molecule has 0 spiro atoms. The van der Waals surface area contributed by atoms with Gasteiger partial charge in [0, 0.05) is 20.1 Å². The van der Waals surface area contributed by atoms with Gasteiger partial charge in [-0.2, -0.15) is 0 Å². The second-order valence-corrected chi connectivity index (χ2v) is 5.38. The SMILES string of the molecule is CCC(C)(C(=O)N1CCCC(C(=O)NC)C1)C(N)=NO. The lowest BCUT2D eigenvalue weighted by Crippen LogP contribution is -2.53. The molecule has 2 amide bonds. The molecule has 20 heavy (non-hydrogen) atoms. The van der Waals surface area contributed by atoms with Crippen LogP contribution in [0.15, 0.2) is 5.16 Å². The summed E-state index contributed by atoms with van der Waals surface area (Å²) < 4.78 is 0. The molecule has 0 aromatic carbocycles. The number of hydrogen-bond acceptors (Lipinski definition) is 4. The van der Waals surface area contributed by atoms with E-state index in [1.165, 1.54) is 0 Å². The summed E-state index contributed by atoms with van der Waals surface area (Å²) in [7, 11) is 1.59. The lowest BCUT2D eigenvalue weighted by atomic mass is 9.83. The molecule has 4 N–H and O–H groups in total. The summed E-state index contributed by atoms with van der Waals surface area (Å²) in [4.78, 5) is 26.0. The van der Waals surface area contributed by atoms with Gasteiger partial charge in [0.15, 0.2) is 5.84 Å². The van der Waals surface area contributed by atoms with Gasteiger partial charge in [-0.1, -0.05) is 12.1 Å². The lowest BCUT2D eigenvalue weighted by Gasteiger charge is -2.37. The van der Waals surface area contributed by atoms with Crippen molar-refractivity contribution in [2.45, 2.75) is 33.1 Å². The van der Waals surface area contributed by atoms with Gasteiger partial charge in [0.1, 0.15) is 5.41 Å². The monoisotopic (exact) mass is 284 g/mol. The number of amides is 2. The number of piperidine rings is 1. The first-order valence-corrected chi connectivity index (χ1v) is 6.89. The van der Waals surface area contributed by atoms with Crippen molar-refractivity contribution in [1.82, 2.24) is 10.2 Å². The van der Waals surface area contributed by atoms with Crippen LogP contribution in [-0.4, -0.2) is 47.9 Å². The molecule has 0 bridgehead atoms. The largest absolute Gasteiger partial charge is 0.409 e. The Kier molecular flexibility index (Phi) is 5.35. The summed E-state index contributed by atoms with van der Waals surface area (Å²) >= 11 is 0. The van der Waals surface area contributed by atoms with Crippen LogP contribution in [0.4, 0.5) is 0 Å². The Hall–Kier alpha value is -1.79. The summed E-state index contributed by atoms with van der Waals surface area (Å²) in [5.41, 5.74) is 4.63. The number of nitrogens with zero attached hydrogens (tertiary/aromatic N) is 2. The van der Waals surface area contributed by atoms with Crippen molar-refractivity contribution in [1.29, 1.82) is 0 Å². The first-order valence-electron chi connectivity index (χ1n) is 6.89. The Morgan fingerprint density at radius 2 is 2.20 bits per heavy atom. The van der Waals surface area contributed by atoms with Crippen molar-refractivity contribution in [3.8, 4) is 0 Å². The van der Waals surface area contributed by atoms with Crippen molar-refractivity contribution >= 4 is 17.6 Å². The van der Waals surface area contributed by atoms with Gasteiger partial charge in [-0.15, -0.1) is 0 Å². The van der Waals surface area contributed by atoms with E-state index < -0.39 is 5.41 Å². The third-order valence-electron chi connectivity index (χ3n) is 4.18. The highest BCUT2D eigenvalue weighted by Gasteiger charge is 2.41. The van der Waals surface area contributed by atoms with Crippen LogP contribution in [0.3, 0.4) is 0 Å². The van der Waals surface area contributed by atoms with E-state index in [1.807, 2.05) is 6.92 Å². The molecule has 1 aliphatic rings. The highest BCUT2D eigenvalue weighted by molar-refractivity contribution is 6.06. The lowest BCUT2D eigenvalue weighted by molar-refractivity contribution is -0.141. The van der Waals surface area contributed by atoms with Crippen LogP contribution in [0.25, 0.3) is 0 Å². The normalized spacial score (nSPS) is 23.1. The molecule has 0 aromatic rings. The molecule has 2 atom stereocenters. The Morgan fingerprint density at radius 1 is 1.55 bits per heavy atom. The molecule has 1 rings (SSSR count). The standard InChI is InChI=1S/C13H24N4O3/c1-4-13(2,11(14)16-20)12(19)17-7-5-6-9(8-17)10(18)15-3/h9,20H,4-8H2,1-3H3,(H2,14,16)(H,15,18). The summed E-state index contributed by atoms with van der Waals surface area (Å²) in [5.74, 6) is -0.522. The number of oxime groups is 1. The van der Waals surface area contributed by atoms with Crippen molar-refractivity contribution in [2.24, 2.45) is 22.2 Å². The quantitative estimate of drug-likeness (QED) is 0.295. The molecule has 114 valence electrons. The Labute approximate surface area is 119 Å². The summed E-state index contributed by atoms with van der Waals surface area (Å²) in [6, 6.07) is 0. The maximum absolute atomic E-state index is 12.6. The molecule has 1 saturated heterocycles. The van der Waals surface area contributed by atoms with Crippen LogP contribution in [0.1, 0.15) is 33.1 Å².